The van der Waals surface area contributed by atoms with Gasteiger partial charge in [0.15, 0.2) is 10.8 Å². The third-order valence-electron chi connectivity index (χ3n) is 2.01. The maximum absolute atomic E-state index is 4.98. The lowest BCUT2D eigenvalue weighted by molar-refractivity contribution is 0.941. The summed E-state index contributed by atoms with van der Waals surface area (Å²) in [4.78, 5) is 15.1. The van der Waals surface area contributed by atoms with Gasteiger partial charge in [0.25, 0.3) is 0 Å². The van der Waals surface area contributed by atoms with Crippen molar-refractivity contribution in [2.45, 2.75) is 0 Å². The molecule has 0 unspecified atom stereocenters. The zero-order chi connectivity index (χ0) is 12.8. The normalized spacial score (nSPS) is 10.7. The van der Waals surface area contributed by atoms with Crippen LogP contribution in [-0.2, 0) is 0 Å². The highest BCUT2D eigenvalue weighted by Gasteiger charge is 2.02. The Balaban J connectivity index is 2.02. The topological polar surface area (TPSA) is 90.9 Å². The average molecular weight is 261 g/mol. The van der Waals surface area contributed by atoms with Gasteiger partial charge in [-0.15, -0.1) is 6.58 Å². The molecule has 7 nitrogen and oxygen atoms in total. The van der Waals surface area contributed by atoms with Crippen molar-refractivity contribution in [2.24, 2.45) is 5.10 Å². The lowest BCUT2D eigenvalue weighted by atomic mass is 10.4. The van der Waals surface area contributed by atoms with Crippen LogP contribution in [0.25, 0.3) is 11.2 Å². The SMILES string of the molecule is C=CCNC(=S)N/N=C/c1ncnc2nc[nH]c12. The van der Waals surface area contributed by atoms with E-state index in [-0.39, 0.29) is 0 Å². The Hall–Kier alpha value is -2.35. The summed E-state index contributed by atoms with van der Waals surface area (Å²) in [5, 5.41) is 7.28. The molecule has 2 aromatic heterocycles. The fourth-order valence-corrected chi connectivity index (χ4v) is 1.37. The van der Waals surface area contributed by atoms with E-state index in [0.29, 0.717) is 23.0 Å². The summed E-state index contributed by atoms with van der Waals surface area (Å²) in [7, 11) is 0. The molecule has 0 spiro atoms. The smallest absolute Gasteiger partial charge is 0.187 e. The Morgan fingerprint density at radius 1 is 1.50 bits per heavy atom. The van der Waals surface area contributed by atoms with Crippen LogP contribution in [0.15, 0.2) is 30.4 Å². The highest BCUT2D eigenvalue weighted by atomic mass is 32.1. The van der Waals surface area contributed by atoms with E-state index < -0.39 is 0 Å². The largest absolute Gasteiger partial charge is 0.358 e. The summed E-state index contributed by atoms with van der Waals surface area (Å²) in [5.74, 6) is 0. The maximum Gasteiger partial charge on any atom is 0.187 e. The van der Waals surface area contributed by atoms with Gasteiger partial charge in [0, 0.05) is 6.54 Å². The summed E-state index contributed by atoms with van der Waals surface area (Å²) in [6.07, 6.45) is 6.24. The number of aromatic amines is 1. The first-order valence-corrected chi connectivity index (χ1v) is 5.54. The molecule has 0 aliphatic heterocycles. The van der Waals surface area contributed by atoms with E-state index in [1.807, 2.05) is 0 Å². The van der Waals surface area contributed by atoms with E-state index in [4.69, 9.17) is 12.2 Å². The zero-order valence-corrected chi connectivity index (χ0v) is 10.2. The van der Waals surface area contributed by atoms with Crippen molar-refractivity contribution in [1.82, 2.24) is 30.7 Å². The summed E-state index contributed by atoms with van der Waals surface area (Å²) in [5.41, 5.74) is 4.63. The van der Waals surface area contributed by atoms with Crippen molar-refractivity contribution in [3.8, 4) is 0 Å². The number of fused-ring (bicyclic) bond motifs is 1. The number of nitrogens with zero attached hydrogens (tertiary/aromatic N) is 4. The minimum Gasteiger partial charge on any atom is -0.358 e. The molecule has 0 aliphatic carbocycles. The van der Waals surface area contributed by atoms with Crippen LogP contribution in [0.5, 0.6) is 0 Å². The lowest BCUT2D eigenvalue weighted by Gasteiger charge is -2.02. The van der Waals surface area contributed by atoms with E-state index in [1.165, 1.54) is 6.33 Å². The molecule has 18 heavy (non-hydrogen) atoms. The fourth-order valence-electron chi connectivity index (χ4n) is 1.24. The molecule has 0 saturated heterocycles. The third kappa shape index (κ3) is 2.86. The highest BCUT2D eigenvalue weighted by molar-refractivity contribution is 7.80. The quantitative estimate of drug-likeness (QED) is 0.318. The van der Waals surface area contributed by atoms with Gasteiger partial charge < -0.3 is 10.3 Å². The van der Waals surface area contributed by atoms with Gasteiger partial charge in [-0.05, 0) is 12.2 Å². The standard InChI is InChI=1S/C10H11N7S/c1-2-3-11-10(18)17-16-4-7-8-9(14-5-12-7)15-6-13-8/h2,4-6H,1,3H2,(H2,11,17,18)(H,12,13,14,15)/b16-4+. The number of aromatic nitrogens is 4. The van der Waals surface area contributed by atoms with Crippen molar-refractivity contribution in [3.05, 3.63) is 31.0 Å². The van der Waals surface area contributed by atoms with Gasteiger partial charge in [-0.2, -0.15) is 5.10 Å². The minimum atomic E-state index is 0.418. The molecule has 0 saturated carbocycles. The number of hydrogen-bond donors (Lipinski definition) is 3. The summed E-state index contributed by atoms with van der Waals surface area (Å²) >= 11 is 4.98. The first-order valence-electron chi connectivity index (χ1n) is 5.13. The first kappa shape index (κ1) is 12.1. The number of hydrazone groups is 1. The number of rotatable bonds is 4. The maximum atomic E-state index is 4.98. The van der Waals surface area contributed by atoms with Crippen LogP contribution in [0.2, 0.25) is 0 Å². The number of nitrogens with one attached hydrogen (secondary N) is 3. The predicted octanol–water partition coefficient (Wildman–Crippen LogP) is 0.337. The average Bonchev–Trinajstić information content (AvgIpc) is 2.85. The van der Waals surface area contributed by atoms with Crippen LogP contribution in [0.1, 0.15) is 5.69 Å². The van der Waals surface area contributed by atoms with Gasteiger partial charge >= 0.3 is 0 Å². The number of thiocarbonyl (C=S) groups is 1. The molecular weight excluding hydrogens is 250 g/mol. The van der Waals surface area contributed by atoms with Crippen LogP contribution in [0, 0.1) is 0 Å². The Labute approximate surface area is 108 Å². The molecule has 0 aromatic carbocycles. The fraction of sp³-hybridized carbons (Fsp3) is 0.100. The van der Waals surface area contributed by atoms with Crippen molar-refractivity contribution in [1.29, 1.82) is 0 Å². The predicted molar refractivity (Wildman–Crippen MR) is 73.2 cm³/mol. The monoisotopic (exact) mass is 261 g/mol. The van der Waals surface area contributed by atoms with E-state index in [0.717, 1.165) is 5.52 Å². The molecule has 0 aliphatic rings. The number of H-pyrrole nitrogens is 1. The van der Waals surface area contributed by atoms with E-state index in [1.54, 1.807) is 18.6 Å². The van der Waals surface area contributed by atoms with Crippen molar-refractivity contribution in [2.75, 3.05) is 6.54 Å². The van der Waals surface area contributed by atoms with Gasteiger partial charge in [-0.3, -0.25) is 5.43 Å². The van der Waals surface area contributed by atoms with Crippen LogP contribution in [-0.4, -0.2) is 37.8 Å². The Morgan fingerprint density at radius 3 is 3.22 bits per heavy atom. The summed E-state index contributed by atoms with van der Waals surface area (Å²) < 4.78 is 0. The van der Waals surface area contributed by atoms with Crippen molar-refractivity contribution in [3.63, 3.8) is 0 Å². The molecule has 8 heteroatoms. The third-order valence-corrected chi connectivity index (χ3v) is 2.25. The molecule has 2 aromatic rings. The van der Waals surface area contributed by atoms with Crippen LogP contribution >= 0.6 is 12.2 Å². The Bertz CT molecular complexity index is 589. The van der Waals surface area contributed by atoms with Crippen molar-refractivity contribution < 1.29 is 0 Å². The highest BCUT2D eigenvalue weighted by Crippen LogP contribution is 2.06. The van der Waals surface area contributed by atoms with E-state index in [9.17, 15) is 0 Å². The molecule has 0 fully saturated rings. The Morgan fingerprint density at radius 2 is 2.39 bits per heavy atom. The lowest BCUT2D eigenvalue weighted by Crippen LogP contribution is -2.31. The van der Waals surface area contributed by atoms with Gasteiger partial charge in [-0.25, -0.2) is 15.0 Å². The molecule has 92 valence electrons. The number of imidazole rings is 1. The van der Waals surface area contributed by atoms with Crippen molar-refractivity contribution >= 4 is 34.7 Å². The molecular formula is C10H11N7S. The molecule has 0 atom stereocenters. The molecule has 3 N–H and O–H groups in total. The van der Waals surface area contributed by atoms with Crippen LogP contribution in [0.3, 0.4) is 0 Å². The van der Waals surface area contributed by atoms with Gasteiger partial charge in [0.2, 0.25) is 0 Å². The Kier molecular flexibility index (Phi) is 3.92. The molecule has 0 bridgehead atoms. The van der Waals surface area contributed by atoms with Crippen LogP contribution in [0.4, 0.5) is 0 Å². The van der Waals surface area contributed by atoms with E-state index >= 15 is 0 Å². The molecule has 0 amide bonds. The summed E-state index contributed by atoms with van der Waals surface area (Å²) in [6.45, 7) is 4.16. The van der Waals surface area contributed by atoms with E-state index in [2.05, 4.69) is 42.4 Å². The second-order valence-electron chi connectivity index (χ2n) is 3.23. The van der Waals surface area contributed by atoms with Gasteiger partial charge in [-0.1, -0.05) is 6.08 Å². The van der Waals surface area contributed by atoms with Gasteiger partial charge in [0.1, 0.15) is 17.5 Å². The summed E-state index contributed by atoms with van der Waals surface area (Å²) in [6, 6.07) is 0. The molecule has 2 heterocycles. The van der Waals surface area contributed by atoms with Gasteiger partial charge in [0.05, 0.1) is 12.5 Å². The minimum absolute atomic E-state index is 0.418. The van der Waals surface area contributed by atoms with Crippen LogP contribution < -0.4 is 10.7 Å². The second-order valence-corrected chi connectivity index (χ2v) is 3.64. The number of hydrogen-bond acceptors (Lipinski definition) is 5. The molecule has 0 radical (unpaired) electrons. The first-order chi connectivity index (χ1) is 8.81. The zero-order valence-electron chi connectivity index (χ0n) is 9.42. The second kappa shape index (κ2) is 5.82. The molecule has 2 rings (SSSR count).